The number of carbonyl (C=O) groups is 2. The minimum atomic E-state index is -0.427. The van der Waals surface area contributed by atoms with Gasteiger partial charge in [-0.2, -0.15) is 0 Å². The molecule has 0 aromatic heterocycles. The summed E-state index contributed by atoms with van der Waals surface area (Å²) in [7, 11) is 0. The highest BCUT2D eigenvalue weighted by Gasteiger charge is 2.32. The van der Waals surface area contributed by atoms with E-state index in [9.17, 15) is 14.0 Å². The number of ether oxygens (including phenoxy) is 3. The maximum absolute atomic E-state index is 14.5. The van der Waals surface area contributed by atoms with E-state index in [4.69, 9.17) is 14.2 Å². The van der Waals surface area contributed by atoms with Crippen molar-refractivity contribution in [3.8, 4) is 11.5 Å². The lowest BCUT2D eigenvalue weighted by molar-refractivity contribution is -0.145. The highest BCUT2D eigenvalue weighted by atomic mass is 19.1. The summed E-state index contributed by atoms with van der Waals surface area (Å²) < 4.78 is 31.0. The van der Waals surface area contributed by atoms with Crippen molar-refractivity contribution < 1.29 is 28.2 Å². The van der Waals surface area contributed by atoms with Gasteiger partial charge in [-0.05, 0) is 73.9 Å². The lowest BCUT2D eigenvalue weighted by atomic mass is 10.1. The molecule has 1 amide bonds. The second-order valence-electron chi connectivity index (χ2n) is 8.11. The Hall–Kier alpha value is -3.87. The van der Waals surface area contributed by atoms with E-state index < -0.39 is 11.8 Å². The molecule has 0 N–H and O–H groups in total. The van der Waals surface area contributed by atoms with Crippen molar-refractivity contribution in [1.82, 2.24) is 0 Å². The van der Waals surface area contributed by atoms with Gasteiger partial charge in [0.15, 0.2) is 6.61 Å². The van der Waals surface area contributed by atoms with Gasteiger partial charge < -0.3 is 19.1 Å². The zero-order valence-electron chi connectivity index (χ0n) is 19.4. The third kappa shape index (κ3) is 4.88. The van der Waals surface area contributed by atoms with Crippen molar-refractivity contribution in [3.05, 3.63) is 88.2 Å². The third-order valence-electron chi connectivity index (χ3n) is 5.60. The first kappa shape index (κ1) is 23.3. The van der Waals surface area contributed by atoms with Gasteiger partial charge in [-0.3, -0.25) is 4.79 Å². The van der Waals surface area contributed by atoms with Gasteiger partial charge in [-0.25, -0.2) is 9.18 Å². The Balaban J connectivity index is 1.46. The quantitative estimate of drug-likeness (QED) is 0.434. The normalized spacial score (nSPS) is 12.5. The number of carbonyl (C=O) groups excluding carboxylic acids is 2. The van der Waals surface area contributed by atoms with Crippen LogP contribution in [0.2, 0.25) is 0 Å². The number of nitrogens with zero attached hydrogens (tertiary/aromatic N) is 1. The second-order valence-corrected chi connectivity index (χ2v) is 8.11. The van der Waals surface area contributed by atoms with Crippen molar-refractivity contribution in [2.75, 3.05) is 18.1 Å². The minimum Gasteiger partial charge on any atom is -0.489 e. The van der Waals surface area contributed by atoms with E-state index in [1.807, 2.05) is 25.1 Å². The number of aryl methyl sites for hydroxylation is 2. The maximum Gasteiger partial charge on any atom is 0.344 e. The van der Waals surface area contributed by atoms with Crippen LogP contribution in [0.1, 0.15) is 39.5 Å². The van der Waals surface area contributed by atoms with Crippen molar-refractivity contribution >= 4 is 17.6 Å². The molecule has 0 atom stereocenters. The molecule has 0 aliphatic carbocycles. The Kier molecular flexibility index (Phi) is 6.82. The van der Waals surface area contributed by atoms with Crippen LogP contribution in [0, 0.1) is 19.7 Å². The summed E-state index contributed by atoms with van der Waals surface area (Å²) in [5, 5.41) is 0. The topological polar surface area (TPSA) is 65.1 Å². The number of fused-ring (bicyclic) bond motifs is 1. The van der Waals surface area contributed by atoms with Crippen LogP contribution in [0.3, 0.4) is 0 Å². The average Bonchev–Trinajstić information content (AvgIpc) is 3.14. The number of anilines is 1. The van der Waals surface area contributed by atoms with Gasteiger partial charge in [-0.15, -0.1) is 0 Å². The Morgan fingerprint density at radius 2 is 1.85 bits per heavy atom. The highest BCUT2D eigenvalue weighted by Crippen LogP contribution is 2.35. The predicted molar refractivity (Wildman–Crippen MR) is 126 cm³/mol. The van der Waals surface area contributed by atoms with Gasteiger partial charge in [-0.1, -0.05) is 18.2 Å². The third-order valence-corrected chi connectivity index (χ3v) is 5.60. The van der Waals surface area contributed by atoms with E-state index in [1.165, 1.54) is 11.0 Å². The largest absolute Gasteiger partial charge is 0.489 e. The van der Waals surface area contributed by atoms with Crippen LogP contribution in [0.25, 0.3) is 0 Å². The molecule has 6 nitrogen and oxygen atoms in total. The maximum atomic E-state index is 14.5. The van der Waals surface area contributed by atoms with Crippen LogP contribution in [0.15, 0.2) is 54.6 Å². The second kappa shape index (κ2) is 9.95. The molecular formula is C27H26FNO5. The van der Waals surface area contributed by atoms with Crippen LogP contribution in [-0.4, -0.2) is 25.1 Å². The molecule has 0 radical (unpaired) electrons. The van der Waals surface area contributed by atoms with Gasteiger partial charge in [0.05, 0.1) is 18.8 Å². The van der Waals surface area contributed by atoms with E-state index in [0.717, 1.165) is 22.3 Å². The fourth-order valence-electron chi connectivity index (χ4n) is 3.93. The van der Waals surface area contributed by atoms with Gasteiger partial charge in [0.2, 0.25) is 0 Å². The summed E-state index contributed by atoms with van der Waals surface area (Å²) in [5.41, 5.74) is 4.06. The van der Waals surface area contributed by atoms with Crippen LogP contribution in [-0.2, 0) is 22.7 Å². The van der Waals surface area contributed by atoms with Crippen LogP contribution in [0.5, 0.6) is 11.5 Å². The molecule has 1 aliphatic heterocycles. The van der Waals surface area contributed by atoms with Gasteiger partial charge in [0.25, 0.3) is 5.91 Å². The molecule has 0 bridgehead atoms. The summed E-state index contributed by atoms with van der Waals surface area (Å²) in [5.74, 6) is 0.0906. The number of rotatable bonds is 8. The molecule has 0 unspecified atom stereocenters. The van der Waals surface area contributed by atoms with E-state index in [2.05, 4.69) is 0 Å². The summed E-state index contributed by atoms with van der Waals surface area (Å²) in [6, 6.07) is 15.7. The molecule has 0 saturated heterocycles. The molecule has 3 aromatic rings. The summed E-state index contributed by atoms with van der Waals surface area (Å²) in [4.78, 5) is 25.9. The molecular weight excluding hydrogens is 437 g/mol. The van der Waals surface area contributed by atoms with Crippen LogP contribution in [0.4, 0.5) is 10.1 Å². The fourth-order valence-corrected chi connectivity index (χ4v) is 3.93. The number of amides is 1. The van der Waals surface area contributed by atoms with E-state index >= 15 is 0 Å². The summed E-state index contributed by atoms with van der Waals surface area (Å²) in [6.07, 6.45) is 0. The molecule has 1 heterocycles. The first-order chi connectivity index (χ1) is 16.4. The lowest BCUT2D eigenvalue weighted by Gasteiger charge is -2.17. The first-order valence-electron chi connectivity index (χ1n) is 11.1. The number of benzene rings is 3. The zero-order valence-corrected chi connectivity index (χ0v) is 19.4. The monoisotopic (exact) mass is 463 g/mol. The fraction of sp³-hybridized carbons (Fsp3) is 0.259. The standard InChI is InChI=1S/C27H26FNO5/c1-4-32-26(30)16-34-24-11-9-19(13-18(24)3)15-33-25-7-5-6-20-21(25)14-29(27(20)31)23-10-8-17(2)12-22(23)28/h5-13H,4,14-16H2,1-3H3. The zero-order chi connectivity index (χ0) is 24.2. The molecule has 0 saturated carbocycles. The van der Waals surface area contributed by atoms with E-state index in [-0.39, 0.29) is 31.4 Å². The van der Waals surface area contributed by atoms with Crippen molar-refractivity contribution in [2.45, 2.75) is 33.9 Å². The highest BCUT2D eigenvalue weighted by molar-refractivity contribution is 6.10. The Bertz CT molecular complexity index is 1240. The molecule has 3 aromatic carbocycles. The predicted octanol–water partition coefficient (Wildman–Crippen LogP) is 5.12. The summed E-state index contributed by atoms with van der Waals surface area (Å²) >= 11 is 0. The van der Waals surface area contributed by atoms with E-state index in [1.54, 1.807) is 44.2 Å². The average molecular weight is 464 g/mol. The van der Waals surface area contributed by atoms with Crippen molar-refractivity contribution in [1.29, 1.82) is 0 Å². The Morgan fingerprint density at radius 3 is 2.59 bits per heavy atom. The Morgan fingerprint density at radius 1 is 1.03 bits per heavy atom. The smallest absolute Gasteiger partial charge is 0.344 e. The Labute approximate surface area is 197 Å². The van der Waals surface area contributed by atoms with E-state index in [0.29, 0.717) is 23.7 Å². The van der Waals surface area contributed by atoms with Crippen LogP contribution >= 0.6 is 0 Å². The molecule has 34 heavy (non-hydrogen) atoms. The molecule has 4 rings (SSSR count). The SMILES string of the molecule is CCOC(=O)COc1ccc(COc2cccc3c2CN(c2ccc(C)cc2F)C3=O)cc1C. The molecule has 7 heteroatoms. The van der Waals surface area contributed by atoms with Crippen molar-refractivity contribution in [3.63, 3.8) is 0 Å². The number of halogens is 1. The summed E-state index contributed by atoms with van der Waals surface area (Å²) in [6.45, 7) is 6.12. The molecule has 176 valence electrons. The number of hydrogen-bond acceptors (Lipinski definition) is 5. The van der Waals surface area contributed by atoms with Crippen LogP contribution < -0.4 is 14.4 Å². The van der Waals surface area contributed by atoms with Gasteiger partial charge >= 0.3 is 5.97 Å². The molecule has 1 aliphatic rings. The first-order valence-corrected chi connectivity index (χ1v) is 11.1. The van der Waals surface area contributed by atoms with Gasteiger partial charge in [0, 0.05) is 11.1 Å². The lowest BCUT2D eigenvalue weighted by Crippen LogP contribution is -2.24. The molecule has 0 spiro atoms. The molecule has 0 fully saturated rings. The van der Waals surface area contributed by atoms with Crippen molar-refractivity contribution in [2.24, 2.45) is 0 Å². The van der Waals surface area contributed by atoms with Gasteiger partial charge in [0.1, 0.15) is 23.9 Å². The number of esters is 1. The number of hydrogen-bond donors (Lipinski definition) is 0. The minimum absolute atomic E-state index is 0.146.